The minimum Gasteiger partial charge on any atom is -0.328 e. The first-order valence-corrected chi connectivity index (χ1v) is 6.28. The molecule has 0 bridgehead atoms. The van der Waals surface area contributed by atoms with Crippen LogP contribution in [-0.4, -0.2) is 6.04 Å². The second kappa shape index (κ2) is 3.54. The van der Waals surface area contributed by atoms with E-state index in [0.29, 0.717) is 17.9 Å². The van der Waals surface area contributed by atoms with Crippen molar-refractivity contribution < 1.29 is 0 Å². The molecule has 13 heavy (non-hydrogen) atoms. The Morgan fingerprint density at radius 1 is 1.77 bits per heavy atom. The number of nitrogens with two attached hydrogens (primary N) is 1. The van der Waals surface area contributed by atoms with Crippen LogP contribution >= 0.6 is 38.9 Å². The Bertz CT molecular complexity index is 304. The molecule has 0 spiro atoms. The molecule has 0 saturated heterocycles. The summed E-state index contributed by atoms with van der Waals surface area (Å²) in [5.74, 6) is 1.33. The maximum Gasteiger partial charge on any atom is 0.107 e. The van der Waals surface area contributed by atoms with Crippen LogP contribution in [0.3, 0.4) is 0 Å². The van der Waals surface area contributed by atoms with Crippen LogP contribution in [-0.2, 0) is 0 Å². The van der Waals surface area contributed by atoms with Gasteiger partial charge in [-0.3, -0.25) is 0 Å². The van der Waals surface area contributed by atoms with E-state index in [1.807, 2.05) is 0 Å². The highest BCUT2D eigenvalue weighted by atomic mass is 79.9. The lowest BCUT2D eigenvalue weighted by Gasteiger charge is -2.00. The fraction of sp³-hybridized carbons (Fsp3) is 0.556. The highest BCUT2D eigenvalue weighted by Crippen LogP contribution is 2.52. The van der Waals surface area contributed by atoms with Gasteiger partial charge in [0, 0.05) is 15.4 Å². The number of halogens is 2. The smallest absolute Gasteiger partial charge is 0.107 e. The monoisotopic (exact) mass is 279 g/mol. The fourth-order valence-electron chi connectivity index (χ4n) is 1.67. The normalized spacial score (nSPS) is 28.9. The third kappa shape index (κ3) is 1.94. The van der Waals surface area contributed by atoms with E-state index >= 15 is 0 Å². The first kappa shape index (κ1) is 9.97. The molecular formula is C9H11BrClNS. The van der Waals surface area contributed by atoms with E-state index in [9.17, 15) is 0 Å². The molecule has 72 valence electrons. The van der Waals surface area contributed by atoms with Crippen LogP contribution in [0.25, 0.3) is 0 Å². The van der Waals surface area contributed by atoms with Crippen LogP contribution < -0.4 is 5.73 Å². The molecule has 0 radical (unpaired) electrons. The number of hydrogen-bond acceptors (Lipinski definition) is 2. The van der Waals surface area contributed by atoms with Gasteiger partial charge in [0.1, 0.15) is 4.34 Å². The number of thiophene rings is 1. The van der Waals surface area contributed by atoms with Crippen molar-refractivity contribution in [3.8, 4) is 0 Å². The molecule has 0 amide bonds. The molecule has 1 aliphatic carbocycles. The van der Waals surface area contributed by atoms with Gasteiger partial charge < -0.3 is 5.73 Å². The molecule has 1 aromatic heterocycles. The van der Waals surface area contributed by atoms with Gasteiger partial charge in [0.25, 0.3) is 0 Å². The van der Waals surface area contributed by atoms with Crippen LogP contribution in [0.2, 0.25) is 4.34 Å². The summed E-state index contributed by atoms with van der Waals surface area (Å²) in [6.45, 7) is 2.08. The predicted octanol–water partition coefficient (Wildman–Crippen LogP) is 3.61. The first-order valence-electron chi connectivity index (χ1n) is 4.30. The summed E-state index contributed by atoms with van der Waals surface area (Å²) in [7, 11) is 0. The second-order valence-corrected chi connectivity index (χ2v) is 6.18. The van der Waals surface area contributed by atoms with Gasteiger partial charge in [-0.25, -0.2) is 0 Å². The first-order chi connectivity index (χ1) is 6.09. The molecule has 3 unspecified atom stereocenters. The summed E-state index contributed by atoms with van der Waals surface area (Å²) >= 11 is 11.1. The molecule has 3 atom stereocenters. The Morgan fingerprint density at radius 2 is 2.46 bits per heavy atom. The zero-order valence-electron chi connectivity index (χ0n) is 7.26. The molecule has 0 aliphatic heterocycles. The predicted molar refractivity (Wildman–Crippen MR) is 61.5 cm³/mol. The molecule has 2 rings (SSSR count). The van der Waals surface area contributed by atoms with Gasteiger partial charge in [0.15, 0.2) is 0 Å². The standard InChI is InChI=1S/C9H11BrClNS/c1-4(12)5-2-6(5)8-3-7(10)9(11)13-8/h3-6H,2,12H2,1H3. The van der Waals surface area contributed by atoms with Crippen molar-refractivity contribution in [2.45, 2.75) is 25.3 Å². The van der Waals surface area contributed by atoms with Gasteiger partial charge in [-0.1, -0.05) is 11.6 Å². The van der Waals surface area contributed by atoms with Crippen LogP contribution in [0, 0.1) is 5.92 Å². The van der Waals surface area contributed by atoms with Gasteiger partial charge >= 0.3 is 0 Å². The number of hydrogen-bond donors (Lipinski definition) is 1. The quantitative estimate of drug-likeness (QED) is 0.880. The maximum atomic E-state index is 5.97. The van der Waals surface area contributed by atoms with E-state index < -0.39 is 0 Å². The van der Waals surface area contributed by atoms with Gasteiger partial charge in [0.05, 0.1) is 0 Å². The largest absolute Gasteiger partial charge is 0.328 e. The number of rotatable bonds is 2. The molecule has 1 aromatic rings. The highest BCUT2D eigenvalue weighted by Gasteiger charge is 2.41. The van der Waals surface area contributed by atoms with E-state index in [1.165, 1.54) is 11.3 Å². The zero-order chi connectivity index (χ0) is 9.59. The van der Waals surface area contributed by atoms with E-state index in [1.54, 1.807) is 11.3 Å². The minimum absolute atomic E-state index is 0.310. The van der Waals surface area contributed by atoms with Crippen molar-refractivity contribution >= 4 is 38.9 Å². The van der Waals surface area contributed by atoms with Crippen LogP contribution in [0.1, 0.15) is 24.1 Å². The second-order valence-electron chi connectivity index (χ2n) is 3.64. The summed E-state index contributed by atoms with van der Waals surface area (Å²) in [5, 5.41) is 0. The molecule has 1 aliphatic rings. The Hall–Kier alpha value is 0.430. The topological polar surface area (TPSA) is 26.0 Å². The van der Waals surface area contributed by atoms with Gasteiger partial charge in [-0.2, -0.15) is 0 Å². The molecule has 2 N–H and O–H groups in total. The fourth-order valence-corrected chi connectivity index (χ4v) is 3.59. The van der Waals surface area contributed by atoms with Crippen molar-refractivity contribution in [1.82, 2.24) is 0 Å². The molecule has 0 aromatic carbocycles. The maximum absolute atomic E-state index is 5.97. The summed E-state index contributed by atoms with van der Waals surface area (Å²) in [6, 6.07) is 2.43. The zero-order valence-corrected chi connectivity index (χ0v) is 10.4. The third-order valence-corrected chi connectivity index (χ3v) is 5.15. The van der Waals surface area contributed by atoms with Gasteiger partial charge in [-0.05, 0) is 47.2 Å². The molecule has 4 heteroatoms. The third-order valence-electron chi connectivity index (χ3n) is 2.54. The average molecular weight is 281 g/mol. The van der Waals surface area contributed by atoms with E-state index in [2.05, 4.69) is 28.9 Å². The van der Waals surface area contributed by atoms with Crippen molar-refractivity contribution in [3.63, 3.8) is 0 Å². The average Bonchev–Trinajstić information content (AvgIpc) is 2.76. The van der Waals surface area contributed by atoms with E-state index in [-0.39, 0.29) is 0 Å². The molecule has 1 fully saturated rings. The molecule has 1 saturated carbocycles. The summed E-state index contributed by atoms with van der Waals surface area (Å²) in [4.78, 5) is 1.37. The SMILES string of the molecule is CC(N)C1CC1c1cc(Br)c(Cl)s1. The van der Waals surface area contributed by atoms with E-state index in [4.69, 9.17) is 17.3 Å². The lowest BCUT2D eigenvalue weighted by molar-refractivity contribution is 0.633. The van der Waals surface area contributed by atoms with Crippen molar-refractivity contribution in [2.75, 3.05) is 0 Å². The van der Waals surface area contributed by atoms with E-state index in [0.717, 1.165) is 8.81 Å². The van der Waals surface area contributed by atoms with Crippen LogP contribution in [0.4, 0.5) is 0 Å². The summed E-state index contributed by atoms with van der Waals surface area (Å²) < 4.78 is 1.87. The van der Waals surface area contributed by atoms with Gasteiger partial charge in [0.2, 0.25) is 0 Å². The molecule has 1 heterocycles. The Kier molecular flexibility index (Phi) is 2.71. The Morgan fingerprint density at radius 3 is 2.85 bits per heavy atom. The van der Waals surface area contributed by atoms with Crippen molar-refractivity contribution in [2.24, 2.45) is 11.7 Å². The van der Waals surface area contributed by atoms with Gasteiger partial charge in [-0.15, -0.1) is 11.3 Å². The lowest BCUT2D eigenvalue weighted by atomic mass is 10.2. The Labute approximate surface area is 95.4 Å². The molecular weight excluding hydrogens is 270 g/mol. The molecule has 1 nitrogen and oxygen atoms in total. The van der Waals surface area contributed by atoms with Crippen molar-refractivity contribution in [3.05, 3.63) is 19.8 Å². The summed E-state index contributed by atoms with van der Waals surface area (Å²) in [6.07, 6.45) is 1.22. The summed E-state index contributed by atoms with van der Waals surface area (Å²) in [5.41, 5.74) is 5.83. The van der Waals surface area contributed by atoms with Crippen LogP contribution in [0.15, 0.2) is 10.5 Å². The van der Waals surface area contributed by atoms with Crippen LogP contribution in [0.5, 0.6) is 0 Å². The lowest BCUT2D eigenvalue weighted by Crippen LogP contribution is -2.17. The van der Waals surface area contributed by atoms with Crippen molar-refractivity contribution in [1.29, 1.82) is 0 Å². The Balaban J connectivity index is 2.12. The highest BCUT2D eigenvalue weighted by molar-refractivity contribution is 9.10. The minimum atomic E-state index is 0.310.